The number of carbonyl (C=O) groups is 1. The van der Waals surface area contributed by atoms with E-state index >= 15 is 0 Å². The van der Waals surface area contributed by atoms with Crippen LogP contribution in [0.1, 0.15) is 29.6 Å². The number of aromatic nitrogens is 1. The van der Waals surface area contributed by atoms with Gasteiger partial charge >= 0.3 is 0 Å². The van der Waals surface area contributed by atoms with Gasteiger partial charge in [-0.05, 0) is 37.5 Å². The quantitative estimate of drug-likeness (QED) is 0.874. The van der Waals surface area contributed by atoms with E-state index in [1.807, 2.05) is 16.5 Å². The van der Waals surface area contributed by atoms with E-state index in [4.69, 9.17) is 4.74 Å². The maximum Gasteiger partial charge on any atom is 0.256 e. The lowest BCUT2D eigenvalue weighted by Gasteiger charge is -2.35. The van der Waals surface area contributed by atoms with Gasteiger partial charge in [0.1, 0.15) is 5.82 Å². The van der Waals surface area contributed by atoms with Crippen molar-refractivity contribution in [2.45, 2.75) is 25.3 Å². The highest BCUT2D eigenvalue weighted by molar-refractivity contribution is 6.07. The molecule has 1 fully saturated rings. The summed E-state index contributed by atoms with van der Waals surface area (Å²) in [6.45, 7) is 1.28. The summed E-state index contributed by atoms with van der Waals surface area (Å²) in [6.07, 6.45) is 4.87. The molecular formula is C17H21FN2O2. The van der Waals surface area contributed by atoms with E-state index in [1.54, 1.807) is 19.4 Å². The van der Waals surface area contributed by atoms with E-state index in [1.165, 1.54) is 12.1 Å². The second-order valence-electron chi connectivity index (χ2n) is 5.92. The Morgan fingerprint density at radius 1 is 1.41 bits per heavy atom. The van der Waals surface area contributed by atoms with Gasteiger partial charge in [0.15, 0.2) is 0 Å². The van der Waals surface area contributed by atoms with Crippen molar-refractivity contribution in [1.82, 2.24) is 9.47 Å². The molecule has 1 aromatic heterocycles. The molecule has 1 aliphatic heterocycles. The first-order chi connectivity index (χ1) is 10.6. The Balaban J connectivity index is 1.99. The number of likely N-dealkylation sites (tertiary alicyclic amines) is 1. The summed E-state index contributed by atoms with van der Waals surface area (Å²) in [5.41, 5.74) is 1.44. The number of hydrogen-bond donors (Lipinski definition) is 0. The fourth-order valence-corrected chi connectivity index (χ4v) is 3.32. The Labute approximate surface area is 129 Å². The highest BCUT2D eigenvalue weighted by Crippen LogP contribution is 2.26. The SMILES string of the molecule is COCC1CCCCN1C(=O)c1cn(C)c2ccc(F)cc12. The van der Waals surface area contributed by atoms with Gasteiger partial charge in [0, 0.05) is 37.8 Å². The smallest absolute Gasteiger partial charge is 0.256 e. The highest BCUT2D eigenvalue weighted by atomic mass is 19.1. The maximum absolute atomic E-state index is 13.6. The number of aryl methyl sites for hydroxylation is 1. The fourth-order valence-electron chi connectivity index (χ4n) is 3.32. The first kappa shape index (κ1) is 15.0. The summed E-state index contributed by atoms with van der Waals surface area (Å²) >= 11 is 0. The zero-order valence-electron chi connectivity index (χ0n) is 13.0. The predicted molar refractivity (Wildman–Crippen MR) is 83.4 cm³/mol. The van der Waals surface area contributed by atoms with Gasteiger partial charge in [-0.1, -0.05) is 0 Å². The molecule has 1 amide bonds. The molecule has 118 valence electrons. The molecule has 0 N–H and O–H groups in total. The molecule has 3 rings (SSSR count). The third-order valence-corrected chi connectivity index (χ3v) is 4.43. The standard InChI is InChI=1S/C17H21FN2O2/c1-19-10-15(14-9-12(18)6-7-16(14)19)17(21)20-8-4-3-5-13(20)11-22-2/h6-7,9-10,13H,3-5,8,11H2,1-2H3. The average molecular weight is 304 g/mol. The number of fused-ring (bicyclic) bond motifs is 1. The Morgan fingerprint density at radius 2 is 2.23 bits per heavy atom. The van der Waals surface area contributed by atoms with E-state index in [0.29, 0.717) is 17.6 Å². The molecule has 1 aromatic carbocycles. The van der Waals surface area contributed by atoms with Crippen LogP contribution < -0.4 is 0 Å². The van der Waals surface area contributed by atoms with Crippen molar-refractivity contribution < 1.29 is 13.9 Å². The maximum atomic E-state index is 13.6. The Bertz CT molecular complexity index is 693. The number of halogens is 1. The van der Waals surface area contributed by atoms with Crippen LogP contribution in [-0.2, 0) is 11.8 Å². The van der Waals surface area contributed by atoms with E-state index in [9.17, 15) is 9.18 Å². The molecule has 0 spiro atoms. The molecule has 0 radical (unpaired) electrons. The monoisotopic (exact) mass is 304 g/mol. The van der Waals surface area contributed by atoms with E-state index in [0.717, 1.165) is 31.3 Å². The normalized spacial score (nSPS) is 18.9. The molecule has 1 atom stereocenters. The van der Waals surface area contributed by atoms with E-state index < -0.39 is 0 Å². The van der Waals surface area contributed by atoms with Crippen LogP contribution in [0.4, 0.5) is 4.39 Å². The lowest BCUT2D eigenvalue weighted by molar-refractivity contribution is 0.0430. The summed E-state index contributed by atoms with van der Waals surface area (Å²) in [5, 5.41) is 0.675. The first-order valence-electron chi connectivity index (χ1n) is 7.66. The van der Waals surface area contributed by atoms with Crippen molar-refractivity contribution in [2.24, 2.45) is 7.05 Å². The minimum Gasteiger partial charge on any atom is -0.383 e. The van der Waals surface area contributed by atoms with E-state index in [-0.39, 0.29) is 17.8 Å². The fraction of sp³-hybridized carbons (Fsp3) is 0.471. The van der Waals surface area contributed by atoms with Gasteiger partial charge < -0.3 is 14.2 Å². The molecule has 0 aliphatic carbocycles. The minimum atomic E-state index is -0.320. The van der Waals surface area contributed by atoms with Gasteiger partial charge in [-0.25, -0.2) is 4.39 Å². The van der Waals surface area contributed by atoms with Crippen molar-refractivity contribution >= 4 is 16.8 Å². The van der Waals surface area contributed by atoms with Crippen LogP contribution in [0.15, 0.2) is 24.4 Å². The number of benzene rings is 1. The summed E-state index contributed by atoms with van der Waals surface area (Å²) in [5.74, 6) is -0.349. The lowest BCUT2D eigenvalue weighted by Crippen LogP contribution is -2.45. The molecule has 2 aromatic rings. The van der Waals surface area contributed by atoms with Crippen molar-refractivity contribution in [3.8, 4) is 0 Å². The molecule has 0 saturated carbocycles. The summed E-state index contributed by atoms with van der Waals surface area (Å²) < 4.78 is 20.7. The van der Waals surface area contributed by atoms with Crippen LogP contribution in [-0.4, -0.2) is 41.7 Å². The summed E-state index contributed by atoms with van der Waals surface area (Å²) in [6, 6.07) is 4.68. The number of amides is 1. The molecule has 1 unspecified atom stereocenters. The largest absolute Gasteiger partial charge is 0.383 e. The Morgan fingerprint density at radius 3 is 3.00 bits per heavy atom. The van der Waals surface area contributed by atoms with Crippen LogP contribution >= 0.6 is 0 Å². The van der Waals surface area contributed by atoms with Gasteiger partial charge in [0.2, 0.25) is 0 Å². The molecule has 5 heteroatoms. The van der Waals surface area contributed by atoms with Crippen molar-refractivity contribution in [2.75, 3.05) is 20.3 Å². The van der Waals surface area contributed by atoms with Gasteiger partial charge in [-0.2, -0.15) is 0 Å². The number of hydrogen-bond acceptors (Lipinski definition) is 2. The highest BCUT2D eigenvalue weighted by Gasteiger charge is 2.29. The summed E-state index contributed by atoms with van der Waals surface area (Å²) in [4.78, 5) is 14.8. The topological polar surface area (TPSA) is 34.5 Å². The molecule has 1 aliphatic rings. The van der Waals surface area contributed by atoms with Crippen LogP contribution in [0.2, 0.25) is 0 Å². The Kier molecular flexibility index (Phi) is 4.16. The molecule has 22 heavy (non-hydrogen) atoms. The number of rotatable bonds is 3. The van der Waals surface area contributed by atoms with Crippen LogP contribution in [0.3, 0.4) is 0 Å². The molecular weight excluding hydrogens is 283 g/mol. The number of carbonyl (C=O) groups excluding carboxylic acids is 1. The number of methoxy groups -OCH3 is 1. The van der Waals surface area contributed by atoms with Crippen molar-refractivity contribution in [1.29, 1.82) is 0 Å². The van der Waals surface area contributed by atoms with Crippen LogP contribution in [0.5, 0.6) is 0 Å². The lowest BCUT2D eigenvalue weighted by atomic mass is 10.0. The second-order valence-corrected chi connectivity index (χ2v) is 5.92. The third kappa shape index (κ3) is 2.61. The van der Waals surface area contributed by atoms with E-state index in [2.05, 4.69) is 0 Å². The molecule has 4 nitrogen and oxygen atoms in total. The van der Waals surface area contributed by atoms with Gasteiger partial charge in [0.05, 0.1) is 18.2 Å². The molecule has 0 bridgehead atoms. The number of nitrogens with zero attached hydrogens (tertiary/aromatic N) is 2. The average Bonchev–Trinajstić information content (AvgIpc) is 2.84. The number of ether oxygens (including phenoxy) is 1. The zero-order chi connectivity index (χ0) is 15.7. The Hall–Kier alpha value is -1.88. The second kappa shape index (κ2) is 6.08. The minimum absolute atomic E-state index is 0.0297. The zero-order valence-corrected chi connectivity index (χ0v) is 13.0. The van der Waals surface area contributed by atoms with Crippen LogP contribution in [0.25, 0.3) is 10.9 Å². The van der Waals surface area contributed by atoms with Gasteiger partial charge in [0.25, 0.3) is 5.91 Å². The van der Waals surface area contributed by atoms with Gasteiger partial charge in [-0.3, -0.25) is 4.79 Å². The third-order valence-electron chi connectivity index (χ3n) is 4.43. The van der Waals surface area contributed by atoms with Gasteiger partial charge in [-0.15, -0.1) is 0 Å². The van der Waals surface area contributed by atoms with Crippen molar-refractivity contribution in [3.05, 3.63) is 35.8 Å². The first-order valence-corrected chi connectivity index (χ1v) is 7.66. The van der Waals surface area contributed by atoms with Crippen LogP contribution in [0, 0.1) is 5.82 Å². The number of piperidine rings is 1. The summed E-state index contributed by atoms with van der Waals surface area (Å²) in [7, 11) is 3.53. The molecule has 2 heterocycles. The molecule has 1 saturated heterocycles. The predicted octanol–water partition coefficient (Wildman–Crippen LogP) is 2.96. The van der Waals surface area contributed by atoms with Crippen molar-refractivity contribution in [3.63, 3.8) is 0 Å².